The third-order valence-electron chi connectivity index (χ3n) is 4.20. The molecule has 1 aliphatic heterocycles. The van der Waals surface area contributed by atoms with Gasteiger partial charge < -0.3 is 30.0 Å². The van der Waals surface area contributed by atoms with E-state index in [0.29, 0.717) is 22.1 Å². The minimum atomic E-state index is -1.31. The number of rotatable bonds is 7. The summed E-state index contributed by atoms with van der Waals surface area (Å²) in [5.74, 6) is -1.39. The quantitative estimate of drug-likeness (QED) is 0.520. The summed E-state index contributed by atoms with van der Waals surface area (Å²) in [5.41, 5.74) is 2.52. The number of carboxylic acids is 1. The molecule has 2 aromatic carbocycles. The van der Waals surface area contributed by atoms with Crippen molar-refractivity contribution in [3.63, 3.8) is 0 Å². The van der Waals surface area contributed by atoms with Crippen LogP contribution in [0.25, 0.3) is 5.70 Å². The molecule has 1 atom stereocenters. The Labute approximate surface area is 173 Å². The van der Waals surface area contributed by atoms with Crippen LogP contribution in [0.1, 0.15) is 24.1 Å². The second-order valence-electron chi connectivity index (χ2n) is 6.14. The minimum Gasteiger partial charge on any atom is -0.546 e. The zero-order chi connectivity index (χ0) is 20.8. The number of hydrogen-bond acceptors (Lipinski definition) is 6. The highest BCUT2D eigenvalue weighted by Crippen LogP contribution is 2.32. The van der Waals surface area contributed by atoms with Crippen LogP contribution in [0, 0.1) is 0 Å². The highest BCUT2D eigenvalue weighted by Gasteiger charge is 2.33. The van der Waals surface area contributed by atoms with Gasteiger partial charge in [-0.05, 0) is 42.4 Å². The molecule has 0 saturated carbocycles. The number of carbonyl (C=O) groups excluding carboxylic acids is 2. The smallest absolute Gasteiger partial charge is 0.338 e. The molecule has 150 valence electrons. The molecule has 1 aliphatic rings. The van der Waals surface area contributed by atoms with Gasteiger partial charge in [0.15, 0.2) is 5.11 Å². The van der Waals surface area contributed by atoms with E-state index in [-0.39, 0.29) is 6.61 Å². The summed E-state index contributed by atoms with van der Waals surface area (Å²) >= 11 is 5.35. The maximum Gasteiger partial charge on any atom is 0.338 e. The molecule has 0 aromatic heterocycles. The molecule has 0 fully saturated rings. The molecular formula is C21H19N2O5S-. The fourth-order valence-corrected chi connectivity index (χ4v) is 3.19. The molecule has 3 rings (SSSR count). The lowest BCUT2D eigenvalue weighted by Gasteiger charge is -2.31. The Kier molecular flexibility index (Phi) is 6.46. The second-order valence-corrected chi connectivity index (χ2v) is 6.54. The molecular weight excluding hydrogens is 392 g/mol. The van der Waals surface area contributed by atoms with E-state index in [9.17, 15) is 14.7 Å². The molecule has 7 nitrogen and oxygen atoms in total. The Balaban J connectivity index is 2.02. The summed E-state index contributed by atoms with van der Waals surface area (Å²) in [5, 5.41) is 17.1. The normalized spacial score (nSPS) is 15.9. The first-order chi connectivity index (χ1) is 14.0. The largest absolute Gasteiger partial charge is 0.546 e. The van der Waals surface area contributed by atoms with E-state index in [2.05, 4.69) is 10.6 Å². The van der Waals surface area contributed by atoms with E-state index >= 15 is 0 Å². The zero-order valence-electron chi connectivity index (χ0n) is 15.6. The third kappa shape index (κ3) is 4.91. The van der Waals surface area contributed by atoms with Crippen LogP contribution in [-0.4, -0.2) is 30.3 Å². The highest BCUT2D eigenvalue weighted by molar-refractivity contribution is 7.80. The van der Waals surface area contributed by atoms with Crippen molar-refractivity contribution >= 4 is 35.0 Å². The van der Waals surface area contributed by atoms with Gasteiger partial charge in [-0.3, -0.25) is 0 Å². The van der Waals surface area contributed by atoms with Gasteiger partial charge in [-0.2, -0.15) is 0 Å². The van der Waals surface area contributed by atoms with E-state index in [1.54, 1.807) is 31.2 Å². The number of esters is 1. The summed E-state index contributed by atoms with van der Waals surface area (Å²) in [6, 6.07) is 15.5. The van der Waals surface area contributed by atoms with Crippen LogP contribution in [0.15, 0.2) is 60.2 Å². The van der Waals surface area contributed by atoms with Gasteiger partial charge in [0.05, 0.1) is 29.9 Å². The minimum absolute atomic E-state index is 0.234. The van der Waals surface area contributed by atoms with E-state index in [4.69, 9.17) is 21.7 Å². The van der Waals surface area contributed by atoms with Gasteiger partial charge in [0.2, 0.25) is 0 Å². The van der Waals surface area contributed by atoms with Crippen molar-refractivity contribution in [3.05, 3.63) is 71.3 Å². The second kappa shape index (κ2) is 9.20. The molecule has 0 spiro atoms. The first kappa shape index (κ1) is 20.3. The van der Waals surface area contributed by atoms with Crippen molar-refractivity contribution in [1.82, 2.24) is 10.6 Å². The maximum atomic E-state index is 12.8. The van der Waals surface area contributed by atoms with Crippen molar-refractivity contribution in [2.24, 2.45) is 0 Å². The van der Waals surface area contributed by atoms with Crippen LogP contribution in [-0.2, 0) is 14.3 Å². The maximum absolute atomic E-state index is 12.8. The van der Waals surface area contributed by atoms with E-state index in [1.807, 2.05) is 30.3 Å². The van der Waals surface area contributed by atoms with Gasteiger partial charge in [-0.1, -0.05) is 42.5 Å². The number of benzene rings is 2. The number of thiocarbonyl (C=S) groups is 1. The van der Waals surface area contributed by atoms with Crippen molar-refractivity contribution in [1.29, 1.82) is 0 Å². The zero-order valence-corrected chi connectivity index (χ0v) is 16.5. The van der Waals surface area contributed by atoms with E-state index < -0.39 is 24.6 Å². The van der Waals surface area contributed by atoms with Crippen LogP contribution < -0.4 is 20.5 Å². The third-order valence-corrected chi connectivity index (χ3v) is 4.42. The molecule has 0 aliphatic carbocycles. The van der Waals surface area contributed by atoms with Gasteiger partial charge in [-0.25, -0.2) is 4.79 Å². The summed E-state index contributed by atoms with van der Waals surface area (Å²) in [6.45, 7) is 1.44. The SMILES string of the molecule is CCOC(=O)C1=C(c2ccccc2)NC(=S)NC1c1ccc(OCC(=O)[O-])cc1. The van der Waals surface area contributed by atoms with Crippen molar-refractivity contribution in [2.75, 3.05) is 13.2 Å². The molecule has 1 unspecified atom stereocenters. The van der Waals surface area contributed by atoms with Crippen LogP contribution in [0.5, 0.6) is 5.75 Å². The fourth-order valence-electron chi connectivity index (χ4n) is 2.97. The van der Waals surface area contributed by atoms with Crippen molar-refractivity contribution in [3.8, 4) is 5.75 Å². The number of aliphatic carboxylic acids is 1. The monoisotopic (exact) mass is 411 g/mol. The van der Waals surface area contributed by atoms with Crippen molar-refractivity contribution < 1.29 is 24.2 Å². The number of carboxylic acid groups (broad SMARTS) is 1. The average molecular weight is 411 g/mol. The molecule has 8 heteroatoms. The predicted molar refractivity (Wildman–Crippen MR) is 109 cm³/mol. The fraction of sp³-hybridized carbons (Fsp3) is 0.190. The average Bonchev–Trinajstić information content (AvgIpc) is 2.72. The van der Waals surface area contributed by atoms with Crippen LogP contribution in [0.3, 0.4) is 0 Å². The number of carbonyl (C=O) groups is 2. The van der Waals surface area contributed by atoms with Gasteiger partial charge in [0.25, 0.3) is 0 Å². The molecule has 0 bridgehead atoms. The predicted octanol–water partition coefficient (Wildman–Crippen LogP) is 1.31. The topological polar surface area (TPSA) is 99.7 Å². The molecule has 0 amide bonds. The first-order valence-electron chi connectivity index (χ1n) is 8.96. The Morgan fingerprint density at radius 1 is 1.10 bits per heavy atom. The summed E-state index contributed by atoms with van der Waals surface area (Å²) < 4.78 is 10.4. The van der Waals surface area contributed by atoms with Gasteiger partial charge in [-0.15, -0.1) is 0 Å². The summed E-state index contributed by atoms with van der Waals surface area (Å²) in [6.07, 6.45) is 0. The Hall–Kier alpha value is -3.39. The molecule has 2 N–H and O–H groups in total. The standard InChI is InChI=1S/C21H20N2O5S/c1-2-27-20(26)17-18(13-6-4-3-5-7-13)22-21(29)23-19(17)14-8-10-15(11-9-14)28-12-16(24)25/h3-11,19H,2,12H2,1H3,(H,24,25)(H2,22,23,29)/p-1. The lowest BCUT2D eigenvalue weighted by atomic mass is 9.93. The molecule has 29 heavy (non-hydrogen) atoms. The number of nitrogens with one attached hydrogen (secondary N) is 2. The van der Waals surface area contributed by atoms with E-state index in [1.165, 1.54) is 0 Å². The summed E-state index contributed by atoms with van der Waals surface area (Å²) in [7, 11) is 0. The van der Waals surface area contributed by atoms with E-state index in [0.717, 1.165) is 11.1 Å². The number of hydrogen-bond donors (Lipinski definition) is 2. The highest BCUT2D eigenvalue weighted by atomic mass is 32.1. The van der Waals surface area contributed by atoms with Crippen LogP contribution in [0.4, 0.5) is 0 Å². The molecule has 0 saturated heterocycles. The summed E-state index contributed by atoms with van der Waals surface area (Å²) in [4.78, 5) is 23.4. The number of ether oxygens (including phenoxy) is 2. The molecule has 1 heterocycles. The Morgan fingerprint density at radius 2 is 1.79 bits per heavy atom. The van der Waals surface area contributed by atoms with Crippen molar-refractivity contribution in [2.45, 2.75) is 13.0 Å². The van der Waals surface area contributed by atoms with Gasteiger partial charge in [0.1, 0.15) is 12.4 Å². The Morgan fingerprint density at radius 3 is 2.41 bits per heavy atom. The lowest BCUT2D eigenvalue weighted by Crippen LogP contribution is -2.45. The van der Waals surface area contributed by atoms with Gasteiger partial charge >= 0.3 is 5.97 Å². The lowest BCUT2D eigenvalue weighted by molar-refractivity contribution is -0.307. The van der Waals surface area contributed by atoms with Gasteiger partial charge in [0, 0.05) is 0 Å². The Bertz CT molecular complexity index is 941. The molecule has 2 aromatic rings. The molecule has 0 radical (unpaired) electrons. The van der Waals surface area contributed by atoms with Crippen LogP contribution >= 0.6 is 12.2 Å². The first-order valence-corrected chi connectivity index (χ1v) is 9.37. The van der Waals surface area contributed by atoms with Crippen LogP contribution in [0.2, 0.25) is 0 Å².